The topological polar surface area (TPSA) is 67.4 Å². The van der Waals surface area contributed by atoms with Crippen LogP contribution in [0.3, 0.4) is 0 Å². The number of nitrogens with one attached hydrogen (secondary N) is 2. The quantitative estimate of drug-likeness (QED) is 0.695. The molecule has 6 heteroatoms. The van der Waals surface area contributed by atoms with Crippen LogP contribution in [0.15, 0.2) is 53.4 Å². The van der Waals surface area contributed by atoms with Gasteiger partial charge in [-0.15, -0.1) is 11.8 Å². The summed E-state index contributed by atoms with van der Waals surface area (Å²) in [5, 5.41) is 5.68. The fourth-order valence-electron chi connectivity index (χ4n) is 2.11. The van der Waals surface area contributed by atoms with Crippen LogP contribution in [0.5, 0.6) is 5.75 Å². The molecule has 2 N–H and O–H groups in total. The van der Waals surface area contributed by atoms with Gasteiger partial charge in [-0.1, -0.05) is 6.92 Å². The minimum atomic E-state index is -0.0736. The van der Waals surface area contributed by atoms with Crippen molar-refractivity contribution in [2.24, 2.45) is 0 Å². The van der Waals surface area contributed by atoms with Crippen LogP contribution in [-0.2, 0) is 9.59 Å². The molecule has 132 valence electrons. The number of methoxy groups -OCH3 is 1. The van der Waals surface area contributed by atoms with Crippen molar-refractivity contribution in [3.63, 3.8) is 0 Å². The Morgan fingerprint density at radius 1 is 0.920 bits per heavy atom. The minimum Gasteiger partial charge on any atom is -0.497 e. The molecule has 0 aliphatic carbocycles. The molecule has 0 spiro atoms. The van der Waals surface area contributed by atoms with Crippen molar-refractivity contribution in [1.29, 1.82) is 0 Å². The average molecular weight is 358 g/mol. The fraction of sp³-hybridized carbons (Fsp3) is 0.263. The summed E-state index contributed by atoms with van der Waals surface area (Å²) in [6.07, 6.45) is 1.34. The molecule has 0 saturated heterocycles. The minimum absolute atomic E-state index is 0.0155. The second-order valence-electron chi connectivity index (χ2n) is 5.39. The lowest BCUT2D eigenvalue weighted by Crippen LogP contribution is -2.13. The summed E-state index contributed by atoms with van der Waals surface area (Å²) in [5.41, 5.74) is 1.51. The Hall–Kier alpha value is -2.47. The van der Waals surface area contributed by atoms with Gasteiger partial charge in [0.25, 0.3) is 0 Å². The number of benzene rings is 2. The summed E-state index contributed by atoms with van der Waals surface area (Å²) in [5.74, 6) is 1.00. The summed E-state index contributed by atoms with van der Waals surface area (Å²) in [6.45, 7) is 1.97. The smallest absolute Gasteiger partial charge is 0.234 e. The Kier molecular flexibility index (Phi) is 7.35. The number of hydrogen-bond donors (Lipinski definition) is 2. The molecule has 2 amide bonds. The maximum Gasteiger partial charge on any atom is 0.234 e. The Morgan fingerprint density at radius 2 is 1.48 bits per heavy atom. The highest BCUT2D eigenvalue weighted by molar-refractivity contribution is 8.00. The lowest BCUT2D eigenvalue weighted by Gasteiger charge is -2.07. The maximum absolute atomic E-state index is 12.0. The molecule has 0 aromatic heterocycles. The summed E-state index contributed by atoms with van der Waals surface area (Å²) in [4.78, 5) is 24.5. The standard InChI is InChI=1S/C19H22N2O3S/c1-3-4-18(22)20-15-7-11-17(12-8-15)25-13-19(23)21-14-5-9-16(24-2)10-6-14/h5-12H,3-4,13H2,1-2H3,(H,20,22)(H,21,23). The Bertz CT molecular complexity index is 700. The van der Waals surface area contributed by atoms with Crippen molar-refractivity contribution >= 4 is 35.0 Å². The van der Waals surface area contributed by atoms with Crippen molar-refractivity contribution in [3.05, 3.63) is 48.5 Å². The third kappa shape index (κ3) is 6.51. The largest absolute Gasteiger partial charge is 0.497 e. The first kappa shape index (κ1) is 18.9. The third-order valence-electron chi connectivity index (χ3n) is 3.36. The van der Waals surface area contributed by atoms with Gasteiger partial charge in [-0.3, -0.25) is 9.59 Å². The molecule has 0 heterocycles. The number of ether oxygens (including phenoxy) is 1. The van der Waals surface area contributed by atoms with Crippen LogP contribution in [0.4, 0.5) is 11.4 Å². The van der Waals surface area contributed by atoms with Crippen molar-refractivity contribution in [2.75, 3.05) is 23.5 Å². The van der Waals surface area contributed by atoms with Crippen LogP contribution >= 0.6 is 11.8 Å². The number of thioether (sulfide) groups is 1. The van der Waals surface area contributed by atoms with Gasteiger partial charge >= 0.3 is 0 Å². The van der Waals surface area contributed by atoms with Crippen molar-refractivity contribution in [2.45, 2.75) is 24.7 Å². The Labute approximate surface area is 152 Å². The molecule has 2 rings (SSSR count). The highest BCUT2D eigenvalue weighted by Gasteiger charge is 2.05. The van der Waals surface area contributed by atoms with Crippen molar-refractivity contribution in [3.8, 4) is 5.75 Å². The highest BCUT2D eigenvalue weighted by atomic mass is 32.2. The second kappa shape index (κ2) is 9.74. The monoisotopic (exact) mass is 358 g/mol. The van der Waals surface area contributed by atoms with Crippen LogP contribution < -0.4 is 15.4 Å². The molecule has 0 saturated carbocycles. The zero-order chi connectivity index (χ0) is 18.1. The van der Waals surface area contributed by atoms with E-state index in [-0.39, 0.29) is 11.8 Å². The molecule has 5 nitrogen and oxygen atoms in total. The Balaban J connectivity index is 1.79. The summed E-state index contributed by atoms with van der Waals surface area (Å²) in [6, 6.07) is 14.7. The number of rotatable bonds is 8. The van der Waals surface area contributed by atoms with Gasteiger partial charge in [0.15, 0.2) is 0 Å². The van der Waals surface area contributed by atoms with E-state index in [0.717, 1.165) is 28.4 Å². The van der Waals surface area contributed by atoms with Crippen LogP contribution in [0.1, 0.15) is 19.8 Å². The predicted octanol–water partition coefficient (Wildman–Crippen LogP) is 4.16. The lowest BCUT2D eigenvalue weighted by molar-refractivity contribution is -0.116. The highest BCUT2D eigenvalue weighted by Crippen LogP contribution is 2.21. The van der Waals surface area contributed by atoms with E-state index in [9.17, 15) is 9.59 Å². The molecule has 2 aromatic carbocycles. The van der Waals surface area contributed by atoms with E-state index in [0.29, 0.717) is 12.2 Å². The van der Waals surface area contributed by atoms with Gasteiger partial charge < -0.3 is 15.4 Å². The normalized spacial score (nSPS) is 10.2. The van der Waals surface area contributed by atoms with Crippen molar-refractivity contribution < 1.29 is 14.3 Å². The predicted molar refractivity (Wildman–Crippen MR) is 102 cm³/mol. The first-order chi connectivity index (χ1) is 12.1. The molecule has 0 bridgehead atoms. The molecule has 0 unspecified atom stereocenters. The molecule has 25 heavy (non-hydrogen) atoms. The number of carbonyl (C=O) groups is 2. The molecule has 0 radical (unpaired) electrons. The van der Waals surface area contributed by atoms with Crippen molar-refractivity contribution in [1.82, 2.24) is 0 Å². The number of carbonyl (C=O) groups excluding carboxylic acids is 2. The molecular weight excluding hydrogens is 336 g/mol. The number of amides is 2. The molecule has 0 atom stereocenters. The van der Waals surface area contributed by atoms with E-state index < -0.39 is 0 Å². The van der Waals surface area contributed by atoms with Gasteiger partial charge in [-0.25, -0.2) is 0 Å². The third-order valence-corrected chi connectivity index (χ3v) is 4.37. The van der Waals surface area contributed by atoms with E-state index in [1.165, 1.54) is 11.8 Å². The molecule has 0 aliphatic rings. The van der Waals surface area contributed by atoms with Crippen LogP contribution in [0, 0.1) is 0 Å². The van der Waals surface area contributed by atoms with E-state index in [4.69, 9.17) is 4.74 Å². The number of anilines is 2. The summed E-state index contributed by atoms with van der Waals surface area (Å²) >= 11 is 1.44. The Morgan fingerprint density at radius 3 is 2.04 bits per heavy atom. The first-order valence-corrected chi connectivity index (χ1v) is 9.06. The van der Waals surface area contributed by atoms with Gasteiger partial charge in [0.2, 0.25) is 11.8 Å². The van der Waals surface area contributed by atoms with Gasteiger partial charge in [0.05, 0.1) is 12.9 Å². The maximum atomic E-state index is 12.0. The average Bonchev–Trinajstić information content (AvgIpc) is 2.62. The second-order valence-corrected chi connectivity index (χ2v) is 6.44. The van der Waals surface area contributed by atoms with Gasteiger partial charge in [-0.2, -0.15) is 0 Å². The summed E-state index contributed by atoms with van der Waals surface area (Å²) < 4.78 is 5.08. The van der Waals surface area contributed by atoms with E-state index >= 15 is 0 Å². The van der Waals surface area contributed by atoms with Gasteiger partial charge in [0.1, 0.15) is 5.75 Å². The van der Waals surface area contributed by atoms with Gasteiger partial charge in [-0.05, 0) is 55.0 Å². The van der Waals surface area contributed by atoms with Gasteiger partial charge in [0, 0.05) is 22.7 Å². The first-order valence-electron chi connectivity index (χ1n) is 8.07. The zero-order valence-electron chi connectivity index (χ0n) is 14.4. The fourth-order valence-corrected chi connectivity index (χ4v) is 2.80. The molecule has 0 fully saturated rings. The van der Waals surface area contributed by atoms with E-state index in [1.807, 2.05) is 31.2 Å². The molecule has 0 aliphatic heterocycles. The zero-order valence-corrected chi connectivity index (χ0v) is 15.2. The number of hydrogen-bond acceptors (Lipinski definition) is 4. The van der Waals surface area contributed by atoms with E-state index in [2.05, 4.69) is 10.6 Å². The lowest BCUT2D eigenvalue weighted by atomic mass is 10.3. The van der Waals surface area contributed by atoms with Crippen LogP contribution in [0.2, 0.25) is 0 Å². The molecular formula is C19H22N2O3S. The van der Waals surface area contributed by atoms with Crippen LogP contribution in [-0.4, -0.2) is 24.7 Å². The molecule has 2 aromatic rings. The summed E-state index contributed by atoms with van der Waals surface area (Å²) in [7, 11) is 1.60. The van der Waals surface area contributed by atoms with E-state index in [1.54, 1.807) is 31.4 Å². The SMILES string of the molecule is CCCC(=O)Nc1ccc(SCC(=O)Nc2ccc(OC)cc2)cc1. The van der Waals surface area contributed by atoms with Crippen LogP contribution in [0.25, 0.3) is 0 Å².